The normalized spacial score (nSPS) is 15.2. The molecule has 2 aromatic heterocycles. The average Bonchev–Trinajstić information content (AvgIpc) is 3.34. The van der Waals surface area contributed by atoms with E-state index in [0.717, 1.165) is 5.56 Å². The number of aromatic nitrogens is 2. The summed E-state index contributed by atoms with van der Waals surface area (Å²) in [5, 5.41) is 3.84. The van der Waals surface area contributed by atoms with Gasteiger partial charge in [0.1, 0.15) is 23.1 Å². The monoisotopic (exact) mass is 530 g/mol. The van der Waals surface area contributed by atoms with E-state index in [0.29, 0.717) is 34.1 Å². The van der Waals surface area contributed by atoms with E-state index in [1.807, 2.05) is 12.1 Å². The average molecular weight is 531 g/mol. The highest BCUT2D eigenvalue weighted by Crippen LogP contribution is 2.27. The first kappa shape index (κ1) is 25.0. The lowest BCUT2D eigenvalue weighted by molar-refractivity contribution is -0.130. The van der Waals surface area contributed by atoms with Crippen LogP contribution in [-0.2, 0) is 11.3 Å². The number of carbonyl (C=O) groups is 2. The lowest BCUT2D eigenvalue weighted by Crippen LogP contribution is -2.47. The summed E-state index contributed by atoms with van der Waals surface area (Å²) >= 11 is 6.04. The summed E-state index contributed by atoms with van der Waals surface area (Å²) < 4.78 is 11.4. The van der Waals surface area contributed by atoms with Gasteiger partial charge in [0, 0.05) is 16.8 Å². The van der Waals surface area contributed by atoms with Gasteiger partial charge in [0.25, 0.3) is 5.91 Å². The van der Waals surface area contributed by atoms with E-state index >= 15 is 0 Å². The van der Waals surface area contributed by atoms with Gasteiger partial charge in [-0.05, 0) is 55.0 Å². The first-order valence-corrected chi connectivity index (χ1v) is 12.1. The fourth-order valence-corrected chi connectivity index (χ4v) is 3.97. The Morgan fingerprint density at radius 2 is 1.92 bits per heavy atom. The van der Waals surface area contributed by atoms with E-state index in [9.17, 15) is 9.59 Å². The number of nitrogens with zero attached hydrogens (tertiary/aromatic N) is 4. The van der Waals surface area contributed by atoms with Crippen molar-refractivity contribution in [3.63, 3.8) is 0 Å². The Kier molecular flexibility index (Phi) is 7.05. The number of halogens is 1. The van der Waals surface area contributed by atoms with Crippen molar-refractivity contribution >= 4 is 35.1 Å². The van der Waals surface area contributed by atoms with E-state index in [1.54, 1.807) is 66.6 Å². The molecule has 3 N–H and O–H groups in total. The minimum atomic E-state index is -0.638. The molecule has 0 aliphatic carbocycles. The number of primary amides is 1. The Balaban J connectivity index is 1.35. The number of benzene rings is 2. The van der Waals surface area contributed by atoms with Crippen molar-refractivity contribution in [3.8, 4) is 11.6 Å². The largest absolute Gasteiger partial charge is 0.445 e. The lowest BCUT2D eigenvalue weighted by atomic mass is 10.1. The zero-order chi connectivity index (χ0) is 26.6. The van der Waals surface area contributed by atoms with Crippen LogP contribution in [0.15, 0.2) is 82.3 Å². The summed E-state index contributed by atoms with van der Waals surface area (Å²) in [5.41, 5.74) is 6.97. The summed E-state index contributed by atoms with van der Waals surface area (Å²) in [4.78, 5) is 39.5. The molecule has 1 aliphatic heterocycles. The van der Waals surface area contributed by atoms with Gasteiger partial charge >= 0.3 is 0 Å². The number of oxazole rings is 1. The van der Waals surface area contributed by atoms with Gasteiger partial charge in [-0.15, -0.1) is 0 Å². The van der Waals surface area contributed by atoms with Crippen LogP contribution in [0.2, 0.25) is 5.02 Å². The van der Waals surface area contributed by atoms with E-state index in [-0.39, 0.29) is 30.6 Å². The maximum Gasteiger partial charge on any atom is 0.267 e. The van der Waals surface area contributed by atoms with Crippen molar-refractivity contribution in [1.82, 2.24) is 14.9 Å². The third-order valence-corrected chi connectivity index (χ3v) is 6.00. The SMILES string of the molecule is Cc1cnc(C2CN=C(Nc3ccc(Oc4cccc(C(N)=O)n4)cc3)N(Cc3ccc(Cl)cc3)C2=O)o1. The molecule has 2 aromatic carbocycles. The quantitative estimate of drug-likeness (QED) is 0.358. The number of nitrogens with one attached hydrogen (secondary N) is 1. The van der Waals surface area contributed by atoms with Gasteiger partial charge in [-0.1, -0.05) is 29.8 Å². The summed E-state index contributed by atoms with van der Waals surface area (Å²) in [6, 6.07) is 19.1. The molecule has 0 saturated heterocycles. The number of ether oxygens (including phenoxy) is 1. The van der Waals surface area contributed by atoms with Crippen molar-refractivity contribution in [3.05, 3.63) is 101 Å². The molecule has 1 aliphatic rings. The molecule has 38 heavy (non-hydrogen) atoms. The van der Waals surface area contributed by atoms with Gasteiger partial charge in [-0.2, -0.15) is 0 Å². The molecule has 10 nitrogen and oxygen atoms in total. The third-order valence-electron chi connectivity index (χ3n) is 5.74. The maximum atomic E-state index is 13.6. The summed E-state index contributed by atoms with van der Waals surface area (Å²) in [6.07, 6.45) is 1.59. The van der Waals surface area contributed by atoms with Crippen LogP contribution in [0.25, 0.3) is 0 Å². The van der Waals surface area contributed by atoms with Gasteiger partial charge in [0.05, 0.1) is 19.3 Å². The molecule has 3 heterocycles. The molecule has 0 fully saturated rings. The summed E-state index contributed by atoms with van der Waals surface area (Å²) in [7, 11) is 0. The molecule has 1 unspecified atom stereocenters. The van der Waals surface area contributed by atoms with Gasteiger partial charge < -0.3 is 20.2 Å². The Hall–Kier alpha value is -4.70. The Labute approximate surface area is 223 Å². The van der Waals surface area contributed by atoms with Crippen LogP contribution in [0.4, 0.5) is 5.69 Å². The highest BCUT2D eigenvalue weighted by Gasteiger charge is 2.36. The minimum Gasteiger partial charge on any atom is -0.445 e. The number of guanidine groups is 1. The highest BCUT2D eigenvalue weighted by molar-refractivity contribution is 6.30. The van der Waals surface area contributed by atoms with Crippen LogP contribution in [0.5, 0.6) is 11.6 Å². The van der Waals surface area contributed by atoms with Crippen LogP contribution < -0.4 is 15.8 Å². The van der Waals surface area contributed by atoms with E-state index < -0.39 is 11.8 Å². The summed E-state index contributed by atoms with van der Waals surface area (Å²) in [6.45, 7) is 2.26. The number of anilines is 1. The van der Waals surface area contributed by atoms with Crippen molar-refractivity contribution in [1.29, 1.82) is 0 Å². The fourth-order valence-electron chi connectivity index (χ4n) is 3.85. The van der Waals surface area contributed by atoms with E-state index in [4.69, 9.17) is 26.5 Å². The number of nitrogens with two attached hydrogens (primary N) is 1. The van der Waals surface area contributed by atoms with E-state index in [1.165, 1.54) is 6.07 Å². The number of rotatable bonds is 7. The number of amides is 2. The number of hydrogen-bond donors (Lipinski definition) is 2. The lowest BCUT2D eigenvalue weighted by Gasteiger charge is -2.31. The van der Waals surface area contributed by atoms with Crippen LogP contribution in [-0.4, -0.2) is 39.2 Å². The van der Waals surface area contributed by atoms with E-state index in [2.05, 4.69) is 20.3 Å². The topological polar surface area (TPSA) is 136 Å². The molecule has 192 valence electrons. The zero-order valence-corrected chi connectivity index (χ0v) is 21.1. The van der Waals surface area contributed by atoms with Crippen LogP contribution in [0.3, 0.4) is 0 Å². The Morgan fingerprint density at radius 1 is 1.16 bits per heavy atom. The van der Waals surface area contributed by atoms with Crippen LogP contribution in [0.1, 0.15) is 33.6 Å². The second-order valence-corrected chi connectivity index (χ2v) is 8.99. The van der Waals surface area contributed by atoms with Crippen LogP contribution >= 0.6 is 11.6 Å². The van der Waals surface area contributed by atoms with Crippen molar-refractivity contribution in [2.45, 2.75) is 19.4 Å². The molecule has 5 rings (SSSR count). The molecular formula is C27H23ClN6O4. The van der Waals surface area contributed by atoms with Crippen molar-refractivity contribution in [2.75, 3.05) is 11.9 Å². The standard InChI is InChI=1S/C27H23ClN6O4/c1-16-13-30-25(37-16)21-14-31-27(34(26(21)36)15-17-5-7-18(28)8-6-17)32-19-9-11-20(12-10-19)38-23-4-2-3-22(33-23)24(29)35/h2-13,21H,14-15H2,1H3,(H2,29,35)(H,31,32). The molecule has 0 spiro atoms. The molecule has 0 bridgehead atoms. The Morgan fingerprint density at radius 3 is 2.61 bits per heavy atom. The second-order valence-electron chi connectivity index (χ2n) is 8.55. The van der Waals surface area contributed by atoms with Crippen molar-refractivity contribution < 1.29 is 18.7 Å². The maximum absolute atomic E-state index is 13.6. The number of carbonyl (C=O) groups excluding carboxylic acids is 2. The molecular weight excluding hydrogens is 508 g/mol. The smallest absolute Gasteiger partial charge is 0.267 e. The minimum absolute atomic E-state index is 0.111. The Bertz CT molecular complexity index is 1500. The van der Waals surface area contributed by atoms with Gasteiger partial charge in [-0.25, -0.2) is 9.97 Å². The van der Waals surface area contributed by atoms with Crippen molar-refractivity contribution in [2.24, 2.45) is 10.7 Å². The van der Waals surface area contributed by atoms with Crippen LogP contribution in [0, 0.1) is 6.92 Å². The summed E-state index contributed by atoms with van der Waals surface area (Å²) in [5.74, 6) is 0.668. The predicted molar refractivity (Wildman–Crippen MR) is 141 cm³/mol. The number of hydrogen-bond acceptors (Lipinski definition) is 8. The predicted octanol–water partition coefficient (Wildman–Crippen LogP) is 4.52. The fraction of sp³-hybridized carbons (Fsp3) is 0.148. The molecule has 0 saturated carbocycles. The number of aliphatic imine (C=N–C) groups is 1. The molecule has 4 aromatic rings. The molecule has 0 radical (unpaired) electrons. The first-order chi connectivity index (χ1) is 18.4. The molecule has 11 heteroatoms. The molecule has 1 atom stereocenters. The number of aryl methyl sites for hydroxylation is 1. The van der Waals surface area contributed by atoms with Gasteiger partial charge in [0.15, 0.2) is 0 Å². The zero-order valence-electron chi connectivity index (χ0n) is 20.3. The molecule has 2 amide bonds. The van der Waals surface area contributed by atoms with Gasteiger partial charge in [0.2, 0.25) is 23.6 Å². The van der Waals surface area contributed by atoms with Gasteiger partial charge in [-0.3, -0.25) is 19.5 Å². The second kappa shape index (κ2) is 10.7. The highest BCUT2D eigenvalue weighted by atomic mass is 35.5. The third kappa shape index (κ3) is 5.65. The number of pyridine rings is 1. The first-order valence-electron chi connectivity index (χ1n) is 11.7.